The number of amides is 1. The summed E-state index contributed by atoms with van der Waals surface area (Å²) in [6.07, 6.45) is 0. The molecular formula is C16H16BrNOS. The average molecular weight is 350 g/mol. The van der Waals surface area contributed by atoms with Gasteiger partial charge < -0.3 is 5.32 Å². The molecule has 20 heavy (non-hydrogen) atoms. The maximum absolute atomic E-state index is 12.2. The monoisotopic (exact) mass is 349 g/mol. The molecule has 2 aromatic carbocycles. The van der Waals surface area contributed by atoms with Crippen molar-refractivity contribution in [3.63, 3.8) is 0 Å². The Bertz CT molecular complexity index is 613. The molecular weight excluding hydrogens is 334 g/mol. The number of nitrogens with one attached hydrogen (secondary N) is 1. The molecule has 0 radical (unpaired) electrons. The van der Waals surface area contributed by atoms with E-state index in [2.05, 4.69) is 35.1 Å². The fourth-order valence-electron chi connectivity index (χ4n) is 1.75. The van der Waals surface area contributed by atoms with Crippen LogP contribution in [-0.4, -0.2) is 11.2 Å². The summed E-state index contributed by atoms with van der Waals surface area (Å²) in [6, 6.07) is 15.3. The molecule has 0 fully saturated rings. The molecule has 0 aliphatic carbocycles. The van der Waals surface area contributed by atoms with E-state index in [9.17, 15) is 4.79 Å². The van der Waals surface area contributed by atoms with E-state index in [1.54, 1.807) is 11.8 Å². The molecule has 0 aliphatic heterocycles. The molecule has 104 valence electrons. The first-order valence-corrected chi connectivity index (χ1v) is 8.05. The maximum Gasteiger partial charge on any atom is 0.255 e. The van der Waals surface area contributed by atoms with Crippen molar-refractivity contribution in [3.8, 4) is 0 Å². The highest BCUT2D eigenvalue weighted by atomic mass is 79.9. The Morgan fingerprint density at radius 3 is 2.60 bits per heavy atom. The van der Waals surface area contributed by atoms with Gasteiger partial charge in [-0.1, -0.05) is 41.9 Å². The van der Waals surface area contributed by atoms with E-state index < -0.39 is 0 Å². The summed E-state index contributed by atoms with van der Waals surface area (Å²) in [4.78, 5) is 13.3. The van der Waals surface area contributed by atoms with Crippen molar-refractivity contribution in [2.24, 2.45) is 0 Å². The van der Waals surface area contributed by atoms with Gasteiger partial charge in [0.25, 0.3) is 5.91 Å². The molecule has 0 heterocycles. The Morgan fingerprint density at radius 2 is 1.90 bits per heavy atom. The number of anilines is 1. The van der Waals surface area contributed by atoms with E-state index in [1.807, 2.05) is 48.5 Å². The van der Waals surface area contributed by atoms with Crippen molar-refractivity contribution < 1.29 is 4.79 Å². The van der Waals surface area contributed by atoms with E-state index >= 15 is 0 Å². The van der Waals surface area contributed by atoms with E-state index in [0.717, 1.165) is 15.1 Å². The molecule has 0 saturated carbocycles. The largest absolute Gasteiger partial charge is 0.322 e. The summed E-state index contributed by atoms with van der Waals surface area (Å²) in [5.41, 5.74) is 1.46. The summed E-state index contributed by atoms with van der Waals surface area (Å²) in [7, 11) is 0. The number of benzene rings is 2. The first-order valence-electron chi connectivity index (χ1n) is 6.38. The van der Waals surface area contributed by atoms with Crippen LogP contribution in [0.15, 0.2) is 57.9 Å². The second-order valence-electron chi connectivity index (χ2n) is 4.66. The topological polar surface area (TPSA) is 29.1 Å². The highest BCUT2D eigenvalue weighted by Gasteiger charge is 2.08. The van der Waals surface area contributed by atoms with E-state index in [0.29, 0.717) is 10.8 Å². The zero-order valence-corrected chi connectivity index (χ0v) is 13.8. The van der Waals surface area contributed by atoms with Gasteiger partial charge in [-0.2, -0.15) is 0 Å². The minimum Gasteiger partial charge on any atom is -0.322 e. The fraction of sp³-hybridized carbons (Fsp3) is 0.188. The maximum atomic E-state index is 12.2. The molecule has 0 spiro atoms. The predicted molar refractivity (Wildman–Crippen MR) is 89.5 cm³/mol. The first kappa shape index (κ1) is 15.1. The van der Waals surface area contributed by atoms with Gasteiger partial charge in [0.15, 0.2) is 0 Å². The number of thioether (sulfide) groups is 1. The Balaban J connectivity index is 2.13. The summed E-state index contributed by atoms with van der Waals surface area (Å²) in [5.74, 6) is -0.0886. The van der Waals surface area contributed by atoms with Crippen LogP contribution in [0.4, 0.5) is 5.69 Å². The van der Waals surface area contributed by atoms with Crippen molar-refractivity contribution in [1.82, 2.24) is 0 Å². The lowest BCUT2D eigenvalue weighted by Gasteiger charge is -2.08. The Morgan fingerprint density at radius 1 is 1.15 bits per heavy atom. The molecule has 1 amide bonds. The predicted octanol–water partition coefficient (Wildman–Crippen LogP) is 5.20. The summed E-state index contributed by atoms with van der Waals surface area (Å²) in [5, 5.41) is 3.40. The second-order valence-corrected chi connectivity index (χ2v) is 7.22. The quantitative estimate of drug-likeness (QED) is 0.768. The van der Waals surface area contributed by atoms with Gasteiger partial charge in [0.05, 0.1) is 0 Å². The van der Waals surface area contributed by atoms with Gasteiger partial charge in [-0.15, -0.1) is 11.8 Å². The minimum atomic E-state index is -0.0886. The third-order valence-electron chi connectivity index (χ3n) is 2.55. The number of carbonyl (C=O) groups excluding carboxylic acids is 1. The zero-order valence-electron chi connectivity index (χ0n) is 11.4. The summed E-state index contributed by atoms with van der Waals surface area (Å²) in [6.45, 7) is 4.28. The first-order chi connectivity index (χ1) is 9.54. The summed E-state index contributed by atoms with van der Waals surface area (Å²) >= 11 is 5.14. The van der Waals surface area contributed by atoms with Crippen molar-refractivity contribution in [2.45, 2.75) is 24.0 Å². The third kappa shape index (κ3) is 4.39. The molecule has 0 unspecified atom stereocenters. The lowest BCUT2D eigenvalue weighted by molar-refractivity contribution is 0.102. The number of rotatable bonds is 4. The van der Waals surface area contributed by atoms with Gasteiger partial charge in [-0.25, -0.2) is 0 Å². The van der Waals surface area contributed by atoms with Gasteiger partial charge >= 0.3 is 0 Å². The zero-order chi connectivity index (χ0) is 14.5. The minimum absolute atomic E-state index is 0.0886. The molecule has 4 heteroatoms. The van der Waals surface area contributed by atoms with Crippen molar-refractivity contribution in [3.05, 3.63) is 58.6 Å². The second kappa shape index (κ2) is 6.95. The molecule has 2 nitrogen and oxygen atoms in total. The van der Waals surface area contributed by atoms with E-state index in [-0.39, 0.29) is 5.91 Å². The van der Waals surface area contributed by atoms with Gasteiger partial charge in [0.1, 0.15) is 0 Å². The summed E-state index contributed by atoms with van der Waals surface area (Å²) < 4.78 is 0.944. The number of carbonyl (C=O) groups is 1. The Hall–Kier alpha value is -1.26. The Kier molecular flexibility index (Phi) is 5.26. The highest BCUT2D eigenvalue weighted by molar-refractivity contribution is 9.10. The Labute approximate surface area is 132 Å². The van der Waals surface area contributed by atoms with Crippen molar-refractivity contribution in [1.29, 1.82) is 0 Å². The van der Waals surface area contributed by atoms with Crippen LogP contribution in [0.5, 0.6) is 0 Å². The van der Waals surface area contributed by atoms with Crippen LogP contribution < -0.4 is 5.32 Å². The molecule has 0 bridgehead atoms. The van der Waals surface area contributed by atoms with Gasteiger partial charge in [0, 0.05) is 25.9 Å². The third-order valence-corrected chi connectivity index (χ3v) is 4.04. The molecule has 0 atom stereocenters. The van der Waals surface area contributed by atoms with Crippen LogP contribution in [-0.2, 0) is 0 Å². The van der Waals surface area contributed by atoms with Crippen molar-refractivity contribution in [2.75, 3.05) is 5.32 Å². The van der Waals surface area contributed by atoms with Crippen LogP contribution in [0.3, 0.4) is 0 Å². The van der Waals surface area contributed by atoms with Crippen LogP contribution in [0.25, 0.3) is 0 Å². The van der Waals surface area contributed by atoms with Crippen LogP contribution in [0.1, 0.15) is 24.2 Å². The molecule has 2 rings (SSSR count). The van der Waals surface area contributed by atoms with Gasteiger partial charge in [0.2, 0.25) is 0 Å². The van der Waals surface area contributed by atoms with Gasteiger partial charge in [-0.05, 0) is 36.4 Å². The van der Waals surface area contributed by atoms with Crippen molar-refractivity contribution >= 4 is 39.3 Å². The number of halogens is 1. The normalized spacial score (nSPS) is 10.6. The van der Waals surface area contributed by atoms with E-state index in [1.165, 1.54) is 0 Å². The average Bonchev–Trinajstić information content (AvgIpc) is 2.38. The molecule has 1 N–H and O–H groups in total. The van der Waals surface area contributed by atoms with Crippen LogP contribution in [0, 0.1) is 0 Å². The lowest BCUT2D eigenvalue weighted by atomic mass is 10.2. The van der Waals surface area contributed by atoms with Crippen LogP contribution >= 0.6 is 27.7 Å². The smallest absolute Gasteiger partial charge is 0.255 e. The lowest BCUT2D eigenvalue weighted by Crippen LogP contribution is -2.11. The molecule has 0 saturated heterocycles. The molecule has 0 aromatic heterocycles. The fourth-order valence-corrected chi connectivity index (χ4v) is 3.05. The number of hydrogen-bond acceptors (Lipinski definition) is 2. The van der Waals surface area contributed by atoms with Gasteiger partial charge in [-0.3, -0.25) is 4.79 Å². The highest BCUT2D eigenvalue weighted by Crippen LogP contribution is 2.24. The number of hydrogen-bond donors (Lipinski definition) is 1. The molecule has 0 aliphatic rings. The van der Waals surface area contributed by atoms with E-state index in [4.69, 9.17) is 0 Å². The molecule has 2 aromatic rings. The van der Waals surface area contributed by atoms with Crippen LogP contribution in [0.2, 0.25) is 0 Å². The SMILES string of the molecule is CC(C)Sc1cccc(C(=O)Nc2cccc(Br)c2)c1. The standard InChI is InChI=1S/C16H16BrNOS/c1-11(2)20-15-8-3-5-12(9-15)16(19)18-14-7-4-6-13(17)10-14/h3-11H,1-2H3,(H,18,19).